The van der Waals surface area contributed by atoms with Crippen molar-refractivity contribution in [2.24, 2.45) is 0 Å². The molecule has 128 valence electrons. The molecular weight excluding hydrogens is 338 g/mol. The van der Waals surface area contributed by atoms with Gasteiger partial charge in [-0.05, 0) is 49.4 Å². The summed E-state index contributed by atoms with van der Waals surface area (Å²) >= 11 is 5.83. The van der Waals surface area contributed by atoms with E-state index in [2.05, 4.69) is 4.98 Å². The topological polar surface area (TPSA) is 40.6 Å². The summed E-state index contributed by atoms with van der Waals surface area (Å²) in [5, 5.41) is 0.403. The van der Waals surface area contributed by atoms with Crippen molar-refractivity contribution in [2.75, 3.05) is 6.61 Å². The smallest absolute Gasteiger partial charge is 0.214 e. The van der Waals surface area contributed by atoms with E-state index >= 15 is 0 Å². The third-order valence-electron chi connectivity index (χ3n) is 3.30. The van der Waals surface area contributed by atoms with Crippen LogP contribution >= 0.6 is 11.6 Å². The van der Waals surface area contributed by atoms with Gasteiger partial charge in [0.1, 0.15) is 35.1 Å². The average molecular weight is 356 g/mol. The largest absolute Gasteiger partial charge is 0.487 e. The molecule has 1 unspecified atom stereocenters. The molecule has 0 N–H and O–H groups in total. The molecule has 3 rings (SSSR count). The second-order valence-corrected chi connectivity index (χ2v) is 5.81. The van der Waals surface area contributed by atoms with Gasteiger partial charge in [0.05, 0.1) is 0 Å². The Kier molecular flexibility index (Phi) is 5.75. The van der Waals surface area contributed by atoms with Crippen LogP contribution in [0.1, 0.15) is 6.92 Å². The molecule has 0 radical (unpaired) electrons. The van der Waals surface area contributed by atoms with Crippen molar-refractivity contribution in [3.63, 3.8) is 0 Å². The van der Waals surface area contributed by atoms with Crippen LogP contribution in [0.5, 0.6) is 23.1 Å². The fraction of sp³-hybridized carbons (Fsp3) is 0.150. The molecule has 2 aromatic carbocycles. The number of hydrogen-bond acceptors (Lipinski definition) is 4. The average Bonchev–Trinajstić information content (AvgIpc) is 2.63. The highest BCUT2D eigenvalue weighted by Crippen LogP contribution is 2.24. The molecule has 4 nitrogen and oxygen atoms in total. The van der Waals surface area contributed by atoms with Crippen LogP contribution in [0.3, 0.4) is 0 Å². The lowest BCUT2D eigenvalue weighted by molar-refractivity contribution is 0.140. The van der Waals surface area contributed by atoms with Gasteiger partial charge in [-0.2, -0.15) is 0 Å². The molecule has 0 aliphatic heterocycles. The van der Waals surface area contributed by atoms with Gasteiger partial charge in [-0.3, -0.25) is 0 Å². The van der Waals surface area contributed by atoms with Crippen molar-refractivity contribution < 1.29 is 14.2 Å². The van der Waals surface area contributed by atoms with Crippen LogP contribution in [0.2, 0.25) is 5.15 Å². The lowest BCUT2D eigenvalue weighted by atomic mass is 10.3. The Hall–Kier alpha value is -2.72. The minimum atomic E-state index is -0.137. The molecule has 0 saturated heterocycles. The van der Waals surface area contributed by atoms with Gasteiger partial charge in [-0.15, -0.1) is 0 Å². The number of benzene rings is 2. The molecule has 0 saturated carbocycles. The molecule has 0 aliphatic carbocycles. The van der Waals surface area contributed by atoms with Gasteiger partial charge in [0.15, 0.2) is 0 Å². The monoisotopic (exact) mass is 355 g/mol. The number of nitrogens with zero attached hydrogens (tertiary/aromatic N) is 1. The highest BCUT2D eigenvalue weighted by Gasteiger charge is 2.07. The summed E-state index contributed by atoms with van der Waals surface area (Å²) in [6.07, 6.45) is -0.137. The van der Waals surface area contributed by atoms with E-state index in [1.165, 1.54) is 0 Å². The second-order valence-electron chi connectivity index (χ2n) is 5.42. The highest BCUT2D eigenvalue weighted by molar-refractivity contribution is 6.29. The lowest BCUT2D eigenvalue weighted by Crippen LogP contribution is -2.21. The van der Waals surface area contributed by atoms with Gasteiger partial charge in [0.25, 0.3) is 0 Å². The van der Waals surface area contributed by atoms with E-state index in [0.717, 1.165) is 17.2 Å². The van der Waals surface area contributed by atoms with E-state index in [9.17, 15) is 0 Å². The van der Waals surface area contributed by atoms with Gasteiger partial charge >= 0.3 is 0 Å². The standard InChI is InChI=1S/C20H18ClNO3/c1-15(14-23-20-9-5-8-19(21)22-20)24-17-10-12-18(13-11-17)25-16-6-3-2-4-7-16/h2-13,15H,14H2,1H3. The minimum Gasteiger partial charge on any atom is -0.487 e. The summed E-state index contributed by atoms with van der Waals surface area (Å²) < 4.78 is 17.2. The molecule has 0 aliphatic rings. The van der Waals surface area contributed by atoms with Gasteiger partial charge in [-0.1, -0.05) is 35.9 Å². The van der Waals surface area contributed by atoms with Crippen molar-refractivity contribution in [1.82, 2.24) is 4.98 Å². The quantitative estimate of drug-likeness (QED) is 0.534. The first kappa shape index (κ1) is 17.1. The molecule has 0 amide bonds. The molecule has 5 heteroatoms. The number of rotatable bonds is 7. The van der Waals surface area contributed by atoms with E-state index in [1.807, 2.05) is 61.5 Å². The van der Waals surface area contributed by atoms with Crippen LogP contribution < -0.4 is 14.2 Å². The summed E-state index contributed by atoms with van der Waals surface area (Å²) in [6, 6.07) is 22.4. The van der Waals surface area contributed by atoms with Crippen LogP contribution in [-0.2, 0) is 0 Å². The summed E-state index contributed by atoms with van der Waals surface area (Å²) in [5.41, 5.74) is 0. The Morgan fingerprint density at radius 1 is 0.840 bits per heavy atom. The summed E-state index contributed by atoms with van der Waals surface area (Å²) in [6.45, 7) is 2.30. The third-order valence-corrected chi connectivity index (χ3v) is 3.51. The summed E-state index contributed by atoms with van der Waals surface area (Å²) in [4.78, 5) is 4.07. The van der Waals surface area contributed by atoms with Gasteiger partial charge in [-0.25, -0.2) is 4.98 Å². The van der Waals surface area contributed by atoms with Gasteiger partial charge in [0.2, 0.25) is 5.88 Å². The van der Waals surface area contributed by atoms with Crippen molar-refractivity contribution >= 4 is 11.6 Å². The molecule has 1 atom stereocenters. The second kappa shape index (κ2) is 8.40. The number of halogens is 1. The number of aromatic nitrogens is 1. The Bertz CT molecular complexity index is 794. The third kappa shape index (κ3) is 5.40. The first-order valence-corrected chi connectivity index (χ1v) is 8.32. The maximum Gasteiger partial charge on any atom is 0.214 e. The van der Waals surface area contributed by atoms with Crippen LogP contribution in [-0.4, -0.2) is 17.7 Å². The Balaban J connectivity index is 1.50. The lowest BCUT2D eigenvalue weighted by Gasteiger charge is -2.15. The first-order valence-electron chi connectivity index (χ1n) is 7.94. The maximum atomic E-state index is 5.83. The van der Waals surface area contributed by atoms with E-state index < -0.39 is 0 Å². The first-order chi connectivity index (χ1) is 12.2. The molecule has 25 heavy (non-hydrogen) atoms. The van der Waals surface area contributed by atoms with E-state index in [4.69, 9.17) is 25.8 Å². The number of pyridine rings is 1. The zero-order valence-corrected chi connectivity index (χ0v) is 14.5. The Morgan fingerprint density at radius 3 is 2.24 bits per heavy atom. The van der Waals surface area contributed by atoms with E-state index in [0.29, 0.717) is 17.6 Å². The van der Waals surface area contributed by atoms with Crippen molar-refractivity contribution in [2.45, 2.75) is 13.0 Å². The number of para-hydroxylation sites is 1. The zero-order valence-electron chi connectivity index (χ0n) is 13.8. The minimum absolute atomic E-state index is 0.137. The predicted octanol–water partition coefficient (Wildman–Crippen LogP) is 5.37. The Morgan fingerprint density at radius 2 is 1.52 bits per heavy atom. The van der Waals surface area contributed by atoms with Crippen LogP contribution in [0.4, 0.5) is 0 Å². The molecule has 1 heterocycles. The maximum absolute atomic E-state index is 5.83. The molecule has 0 spiro atoms. The number of ether oxygens (including phenoxy) is 3. The zero-order chi connectivity index (χ0) is 17.5. The highest BCUT2D eigenvalue weighted by atomic mass is 35.5. The van der Waals surface area contributed by atoms with Crippen molar-refractivity contribution in [3.05, 3.63) is 77.9 Å². The van der Waals surface area contributed by atoms with Crippen LogP contribution in [0.25, 0.3) is 0 Å². The van der Waals surface area contributed by atoms with Crippen LogP contribution in [0.15, 0.2) is 72.8 Å². The normalized spacial score (nSPS) is 11.6. The predicted molar refractivity (Wildman–Crippen MR) is 97.8 cm³/mol. The SMILES string of the molecule is CC(COc1cccc(Cl)n1)Oc1ccc(Oc2ccccc2)cc1. The molecule has 3 aromatic rings. The van der Waals surface area contributed by atoms with Gasteiger partial charge in [0, 0.05) is 6.07 Å². The summed E-state index contributed by atoms with van der Waals surface area (Å²) in [5.74, 6) is 2.78. The Labute approximate surface area is 152 Å². The van der Waals surface area contributed by atoms with E-state index in [1.54, 1.807) is 18.2 Å². The van der Waals surface area contributed by atoms with Crippen LogP contribution in [0, 0.1) is 0 Å². The summed E-state index contributed by atoms with van der Waals surface area (Å²) in [7, 11) is 0. The fourth-order valence-corrected chi connectivity index (χ4v) is 2.31. The molecule has 1 aromatic heterocycles. The number of hydrogen-bond donors (Lipinski definition) is 0. The van der Waals surface area contributed by atoms with Crippen molar-refractivity contribution in [3.8, 4) is 23.1 Å². The molecule has 0 bridgehead atoms. The fourth-order valence-electron chi connectivity index (χ4n) is 2.15. The molecular formula is C20H18ClNO3. The van der Waals surface area contributed by atoms with E-state index in [-0.39, 0.29) is 6.10 Å². The van der Waals surface area contributed by atoms with Gasteiger partial charge < -0.3 is 14.2 Å². The molecule has 0 fully saturated rings. The van der Waals surface area contributed by atoms with Crippen molar-refractivity contribution in [1.29, 1.82) is 0 Å².